The van der Waals surface area contributed by atoms with Gasteiger partial charge in [0, 0.05) is 29.7 Å². The predicted molar refractivity (Wildman–Crippen MR) is 148 cm³/mol. The van der Waals surface area contributed by atoms with Crippen molar-refractivity contribution in [1.29, 1.82) is 0 Å². The van der Waals surface area contributed by atoms with Crippen LogP contribution in [-0.4, -0.2) is 22.9 Å². The van der Waals surface area contributed by atoms with Gasteiger partial charge in [-0.2, -0.15) is 0 Å². The molecule has 0 saturated carbocycles. The van der Waals surface area contributed by atoms with Crippen LogP contribution in [0.3, 0.4) is 0 Å². The minimum absolute atomic E-state index is 0.158. The number of pyridine rings is 1. The van der Waals surface area contributed by atoms with Crippen molar-refractivity contribution in [3.8, 4) is 5.69 Å². The van der Waals surface area contributed by atoms with Crippen molar-refractivity contribution in [2.45, 2.75) is 27.7 Å². The van der Waals surface area contributed by atoms with Crippen molar-refractivity contribution in [2.24, 2.45) is 0 Å². The van der Waals surface area contributed by atoms with Gasteiger partial charge >= 0.3 is 0 Å². The second-order valence-electron chi connectivity index (χ2n) is 8.67. The van der Waals surface area contributed by atoms with Crippen LogP contribution >= 0.6 is 11.3 Å². The van der Waals surface area contributed by atoms with Crippen LogP contribution in [0.2, 0.25) is 0 Å². The van der Waals surface area contributed by atoms with Crippen LogP contribution in [0.1, 0.15) is 33.3 Å². The molecule has 0 radical (unpaired) electrons. The van der Waals surface area contributed by atoms with Gasteiger partial charge in [-0.1, -0.05) is 6.58 Å². The Bertz CT molecular complexity index is 1600. The lowest BCUT2D eigenvalue weighted by molar-refractivity contribution is -0.111. The molecule has 0 unspecified atom stereocenters. The van der Waals surface area contributed by atoms with Crippen LogP contribution in [0.5, 0.6) is 0 Å². The molecule has 7 nitrogen and oxygen atoms in total. The lowest BCUT2D eigenvalue weighted by atomic mass is 10.1. The van der Waals surface area contributed by atoms with Crippen molar-refractivity contribution in [2.75, 3.05) is 17.2 Å². The fraction of sp³-hybridized carbons (Fsp3) is 0.179. The van der Waals surface area contributed by atoms with E-state index in [9.17, 15) is 18.8 Å². The summed E-state index contributed by atoms with van der Waals surface area (Å²) in [4.78, 5) is 38.6. The van der Waals surface area contributed by atoms with Crippen LogP contribution in [0.4, 0.5) is 21.5 Å². The summed E-state index contributed by atoms with van der Waals surface area (Å²) in [5.74, 6) is -0.944. The van der Waals surface area contributed by atoms with E-state index < -0.39 is 0 Å². The van der Waals surface area contributed by atoms with Gasteiger partial charge in [-0.25, -0.2) is 4.39 Å². The van der Waals surface area contributed by atoms with Crippen LogP contribution < -0.4 is 21.4 Å². The van der Waals surface area contributed by atoms with E-state index >= 15 is 0 Å². The molecule has 0 atom stereocenters. The van der Waals surface area contributed by atoms with Gasteiger partial charge in [-0.15, -0.1) is 11.3 Å². The van der Waals surface area contributed by atoms with E-state index in [2.05, 4.69) is 22.5 Å². The van der Waals surface area contributed by atoms with Gasteiger partial charge < -0.3 is 20.5 Å². The molecule has 2 amide bonds. The van der Waals surface area contributed by atoms with Crippen LogP contribution in [-0.2, 0) is 4.79 Å². The molecular weight excluding hydrogens is 491 g/mol. The summed E-state index contributed by atoms with van der Waals surface area (Å²) >= 11 is 1.21. The Balaban J connectivity index is 1.97. The average Bonchev–Trinajstić information content (AvgIpc) is 3.30. The molecule has 0 saturated heterocycles. The molecule has 0 bridgehead atoms. The summed E-state index contributed by atoms with van der Waals surface area (Å²) in [6, 6.07) is 9.82. The molecule has 0 aliphatic rings. The van der Waals surface area contributed by atoms with Crippen molar-refractivity contribution in [1.82, 2.24) is 9.88 Å². The van der Waals surface area contributed by atoms with E-state index in [1.807, 2.05) is 25.3 Å². The molecule has 3 N–H and O–H groups in total. The number of carbonyl (C=O) groups is 2. The summed E-state index contributed by atoms with van der Waals surface area (Å²) in [6.45, 7) is 11.1. The Morgan fingerprint density at radius 3 is 2.43 bits per heavy atom. The maximum absolute atomic E-state index is 13.9. The van der Waals surface area contributed by atoms with Gasteiger partial charge in [0.25, 0.3) is 5.91 Å². The van der Waals surface area contributed by atoms with Gasteiger partial charge in [-0.05, 0) is 81.3 Å². The second-order valence-corrected chi connectivity index (χ2v) is 9.70. The number of aromatic nitrogens is 1. The zero-order valence-corrected chi connectivity index (χ0v) is 21.8. The third kappa shape index (κ3) is 5.17. The summed E-state index contributed by atoms with van der Waals surface area (Å²) in [6.07, 6.45) is 2.89. The van der Waals surface area contributed by atoms with Crippen LogP contribution in [0.25, 0.3) is 15.9 Å². The molecule has 2 aromatic carbocycles. The van der Waals surface area contributed by atoms with E-state index in [1.165, 1.54) is 29.5 Å². The number of hydrogen-bond donors (Lipinski definition) is 3. The number of thiophene rings is 1. The minimum atomic E-state index is -0.368. The number of benzene rings is 2. The van der Waals surface area contributed by atoms with Crippen LogP contribution in [0, 0.1) is 26.6 Å². The highest BCUT2D eigenvalue weighted by molar-refractivity contribution is 7.20. The molecule has 2 heterocycles. The lowest BCUT2D eigenvalue weighted by Crippen LogP contribution is -2.21. The van der Waals surface area contributed by atoms with Crippen molar-refractivity contribution in [3.63, 3.8) is 0 Å². The summed E-state index contributed by atoms with van der Waals surface area (Å²) in [7, 11) is 0. The Morgan fingerprint density at radius 2 is 1.78 bits per heavy atom. The van der Waals surface area contributed by atoms with Gasteiger partial charge in [0.2, 0.25) is 5.91 Å². The zero-order chi connectivity index (χ0) is 26.9. The number of hydrogen-bond acceptors (Lipinski definition) is 5. The van der Waals surface area contributed by atoms with E-state index in [0.717, 1.165) is 16.8 Å². The first kappa shape index (κ1) is 25.8. The SMILES string of the molecule is C=CC(=O)Nc1ccc(Nc2c(C)cc(F)cc2C)c(-n2cc(C)c(=O)c3cc(C(=O)NCC)sc32)c1. The van der Waals surface area contributed by atoms with E-state index in [0.29, 0.717) is 44.3 Å². The predicted octanol–water partition coefficient (Wildman–Crippen LogP) is 5.73. The number of aryl methyl sites for hydroxylation is 3. The maximum Gasteiger partial charge on any atom is 0.261 e. The smallest absolute Gasteiger partial charge is 0.261 e. The van der Waals surface area contributed by atoms with Crippen molar-refractivity contribution in [3.05, 3.63) is 92.9 Å². The Labute approximate surface area is 217 Å². The first-order valence-electron chi connectivity index (χ1n) is 11.7. The first-order valence-corrected chi connectivity index (χ1v) is 12.5. The number of rotatable bonds is 7. The fourth-order valence-electron chi connectivity index (χ4n) is 4.14. The Morgan fingerprint density at radius 1 is 1.08 bits per heavy atom. The van der Waals surface area contributed by atoms with Gasteiger partial charge in [0.1, 0.15) is 10.6 Å². The summed E-state index contributed by atoms with van der Waals surface area (Å²) in [5.41, 5.74) is 4.33. The molecule has 2 aromatic heterocycles. The van der Waals surface area contributed by atoms with Crippen molar-refractivity contribution < 1.29 is 14.0 Å². The van der Waals surface area contributed by atoms with E-state index in [1.54, 1.807) is 37.4 Å². The maximum atomic E-state index is 13.9. The van der Waals surface area contributed by atoms with Crippen LogP contribution in [0.15, 0.2) is 60.0 Å². The molecule has 190 valence electrons. The lowest BCUT2D eigenvalue weighted by Gasteiger charge is -2.20. The number of carbonyl (C=O) groups excluding carboxylic acids is 2. The molecule has 0 spiro atoms. The second kappa shape index (κ2) is 10.4. The summed E-state index contributed by atoms with van der Waals surface area (Å²) < 4.78 is 15.8. The van der Waals surface area contributed by atoms with E-state index in [-0.39, 0.29) is 23.1 Å². The third-order valence-corrected chi connectivity index (χ3v) is 7.02. The third-order valence-electron chi connectivity index (χ3n) is 5.89. The molecule has 9 heteroatoms. The molecule has 0 aliphatic heterocycles. The Hall–Kier alpha value is -4.24. The topological polar surface area (TPSA) is 92.2 Å². The molecule has 4 aromatic rings. The summed E-state index contributed by atoms with van der Waals surface area (Å²) in [5, 5.41) is 9.37. The normalized spacial score (nSPS) is 10.8. The zero-order valence-electron chi connectivity index (χ0n) is 21.0. The minimum Gasteiger partial charge on any atom is -0.353 e. The van der Waals surface area contributed by atoms with Gasteiger partial charge in [0.15, 0.2) is 5.43 Å². The van der Waals surface area contributed by atoms with Crippen molar-refractivity contribution >= 4 is 50.4 Å². The standard InChI is InChI=1S/C28H27FN4O3S/c1-6-24(34)31-19-8-9-21(32-25-15(3)10-18(29)11-16(25)4)22(12-19)33-14-17(5)26(35)20-13-23(37-28(20)33)27(36)30-7-2/h6,8-14,32H,1,7H2,2-5H3,(H,30,36)(H,31,34). The van der Waals surface area contributed by atoms with Gasteiger partial charge in [0.05, 0.1) is 21.6 Å². The Kier molecular flexibility index (Phi) is 7.26. The number of nitrogens with zero attached hydrogens (tertiary/aromatic N) is 1. The van der Waals surface area contributed by atoms with E-state index in [4.69, 9.17) is 0 Å². The number of amides is 2. The monoisotopic (exact) mass is 518 g/mol. The average molecular weight is 519 g/mol. The van der Waals surface area contributed by atoms with Gasteiger partial charge in [-0.3, -0.25) is 14.4 Å². The highest BCUT2D eigenvalue weighted by Gasteiger charge is 2.19. The fourth-order valence-corrected chi connectivity index (χ4v) is 5.20. The molecule has 0 aliphatic carbocycles. The first-order chi connectivity index (χ1) is 17.6. The quantitative estimate of drug-likeness (QED) is 0.272. The molecule has 0 fully saturated rings. The number of anilines is 3. The molecule has 37 heavy (non-hydrogen) atoms. The number of fused-ring (bicyclic) bond motifs is 1. The molecular formula is C28H27FN4O3S. The number of halogens is 1. The highest BCUT2D eigenvalue weighted by Crippen LogP contribution is 2.34. The molecule has 4 rings (SSSR count). The number of nitrogens with one attached hydrogen (secondary N) is 3. The highest BCUT2D eigenvalue weighted by atomic mass is 32.1. The largest absolute Gasteiger partial charge is 0.353 e.